The Kier molecular flexibility index (Phi) is 16.3. The van der Waals surface area contributed by atoms with Crippen LogP contribution in [0.5, 0.6) is 0 Å². The molecule has 3 aromatic rings. The molecule has 4 rings (SSSR count). The largest absolute Gasteiger partial charge is 0.537 e. The standard InChI is InChI=1S/C13H20N2O3.C12H13N2OS.C3H8.U/c1-8(2)11-6-12(18-14-11)9(3)13(17)15-5-4-10(16)7-15;1-9-12(16-8-14-9)11-5-3-10(4-6-11)7-15-13-2;1-3-2;/h6,8-10,16H,4-5,7H2,1-3H3;3-6,8H,7H2,1-2H3;3H2,1-2H3;/q;-1;;. The van der Waals surface area contributed by atoms with Gasteiger partial charge in [0.1, 0.15) is 5.76 Å². The minimum absolute atomic E-state index is 0. The second-order valence-electron chi connectivity index (χ2n) is 9.38. The van der Waals surface area contributed by atoms with Gasteiger partial charge in [-0.3, -0.25) is 4.79 Å². The van der Waals surface area contributed by atoms with Crippen LogP contribution in [0.1, 0.15) is 82.0 Å². The molecule has 3 heterocycles. The molecule has 1 amide bonds. The van der Waals surface area contributed by atoms with Gasteiger partial charge in [0.2, 0.25) is 5.91 Å². The van der Waals surface area contributed by atoms with Gasteiger partial charge in [0, 0.05) is 50.3 Å². The number of hydrogen-bond acceptors (Lipinski definition) is 7. The van der Waals surface area contributed by atoms with E-state index in [1.165, 1.54) is 16.9 Å². The van der Waals surface area contributed by atoms with E-state index in [1.807, 2.05) is 39.3 Å². The number of likely N-dealkylation sites (tertiary alicyclic amines) is 1. The molecule has 1 aliphatic rings. The SMILES string of the molecule is CC(C)c1cc(C(C)C(=O)N2CCC(O)C2)on1.CCC.C[N-]OCc1ccc(-c2scnc2C)cc1.[U]. The maximum Gasteiger partial charge on any atom is 0.233 e. The fourth-order valence-electron chi connectivity index (χ4n) is 3.59. The number of nitrogens with zero attached hydrogens (tertiary/aromatic N) is 4. The molecule has 1 aliphatic heterocycles. The summed E-state index contributed by atoms with van der Waals surface area (Å²) < 4.78 is 5.24. The van der Waals surface area contributed by atoms with Gasteiger partial charge in [0.15, 0.2) is 0 Å². The molecule has 1 saturated heterocycles. The predicted octanol–water partition coefficient (Wildman–Crippen LogP) is 6.46. The Morgan fingerprint density at radius 3 is 2.39 bits per heavy atom. The van der Waals surface area contributed by atoms with Crippen molar-refractivity contribution in [3.05, 3.63) is 64.0 Å². The molecule has 2 atom stereocenters. The van der Waals surface area contributed by atoms with Crippen LogP contribution in [0, 0.1) is 38.0 Å². The molecule has 10 heteroatoms. The van der Waals surface area contributed by atoms with Gasteiger partial charge in [-0.05, 0) is 37.3 Å². The predicted molar refractivity (Wildman–Crippen MR) is 149 cm³/mol. The first-order valence-electron chi connectivity index (χ1n) is 12.8. The summed E-state index contributed by atoms with van der Waals surface area (Å²) in [4.78, 5) is 24.3. The van der Waals surface area contributed by atoms with E-state index in [1.54, 1.807) is 23.3 Å². The summed E-state index contributed by atoms with van der Waals surface area (Å²) in [6.45, 7) is 13.7. The van der Waals surface area contributed by atoms with E-state index in [0.717, 1.165) is 17.0 Å². The van der Waals surface area contributed by atoms with Crippen molar-refractivity contribution in [1.82, 2.24) is 15.0 Å². The van der Waals surface area contributed by atoms with Gasteiger partial charge in [-0.1, -0.05) is 63.5 Å². The Labute approximate surface area is 254 Å². The normalized spacial score (nSPS) is 15.2. The molecule has 0 radical (unpaired) electrons. The summed E-state index contributed by atoms with van der Waals surface area (Å²) in [7, 11) is 1.63. The van der Waals surface area contributed by atoms with E-state index < -0.39 is 0 Å². The Bertz CT molecular complexity index is 1070. The zero-order chi connectivity index (χ0) is 27.4. The topological polar surface area (TPSA) is 103 Å². The summed E-state index contributed by atoms with van der Waals surface area (Å²) in [6, 6.07) is 10.1. The second-order valence-corrected chi connectivity index (χ2v) is 10.2. The van der Waals surface area contributed by atoms with Gasteiger partial charge in [-0.2, -0.15) is 0 Å². The molecule has 1 N–H and O–H groups in total. The quantitative estimate of drug-likeness (QED) is 0.277. The molecule has 8 nitrogen and oxygen atoms in total. The van der Waals surface area contributed by atoms with Crippen molar-refractivity contribution in [1.29, 1.82) is 0 Å². The third-order valence-corrected chi connectivity index (χ3v) is 6.71. The number of hydroxylamine groups is 1. The minimum atomic E-state index is -0.387. The van der Waals surface area contributed by atoms with Crippen LogP contribution in [0.3, 0.4) is 0 Å². The van der Waals surface area contributed by atoms with Crippen molar-refractivity contribution in [3.8, 4) is 10.4 Å². The molecule has 2 unspecified atom stereocenters. The maximum atomic E-state index is 12.2. The average molecular weight is 768 g/mol. The number of hydrogen-bond donors (Lipinski definition) is 1. The zero-order valence-electron chi connectivity index (χ0n) is 23.6. The van der Waals surface area contributed by atoms with Crippen LogP contribution < -0.4 is 0 Å². The van der Waals surface area contributed by atoms with Crippen LogP contribution in [0.15, 0.2) is 40.4 Å². The van der Waals surface area contributed by atoms with E-state index in [0.29, 0.717) is 37.8 Å². The molecule has 2 aromatic heterocycles. The smallest absolute Gasteiger partial charge is 0.233 e. The summed E-state index contributed by atoms with van der Waals surface area (Å²) in [5, 5.41) is 13.4. The molecule has 0 bridgehead atoms. The molecule has 0 aliphatic carbocycles. The van der Waals surface area contributed by atoms with E-state index in [-0.39, 0.29) is 49.0 Å². The van der Waals surface area contributed by atoms with Crippen LogP contribution in [0.25, 0.3) is 15.9 Å². The van der Waals surface area contributed by atoms with Crippen molar-refractivity contribution in [2.75, 3.05) is 20.1 Å². The zero-order valence-corrected chi connectivity index (χ0v) is 28.6. The van der Waals surface area contributed by atoms with Crippen LogP contribution in [-0.4, -0.2) is 52.3 Å². The first kappa shape index (κ1) is 34.5. The summed E-state index contributed by atoms with van der Waals surface area (Å²) in [5.74, 6) is 0.553. The van der Waals surface area contributed by atoms with E-state index >= 15 is 0 Å². The number of benzene rings is 1. The molecule has 208 valence electrons. The van der Waals surface area contributed by atoms with Crippen molar-refractivity contribution in [2.24, 2.45) is 0 Å². The van der Waals surface area contributed by atoms with E-state index in [4.69, 9.17) is 9.36 Å². The Morgan fingerprint density at radius 2 is 1.92 bits per heavy atom. The molecular weight excluding hydrogens is 726 g/mol. The van der Waals surface area contributed by atoms with Gasteiger partial charge < -0.3 is 24.8 Å². The van der Waals surface area contributed by atoms with E-state index in [9.17, 15) is 9.90 Å². The number of aliphatic hydroxyl groups is 1. The van der Waals surface area contributed by atoms with E-state index in [2.05, 4.69) is 53.7 Å². The fraction of sp³-hybridized carbons (Fsp3) is 0.536. The second kappa shape index (κ2) is 17.9. The molecule has 1 aromatic carbocycles. The third-order valence-electron chi connectivity index (χ3n) is 5.73. The number of β-amino-alcohol motifs (C(OH)–C–C–N with tert-alkyl or cyclic N) is 1. The first-order chi connectivity index (χ1) is 17.7. The van der Waals surface area contributed by atoms with Gasteiger partial charge in [-0.25, -0.2) is 4.98 Å². The van der Waals surface area contributed by atoms with Crippen LogP contribution in [0.2, 0.25) is 0 Å². The van der Waals surface area contributed by atoms with Crippen molar-refractivity contribution in [3.63, 3.8) is 0 Å². The number of aliphatic hydroxyl groups excluding tert-OH is 1. The van der Waals surface area contributed by atoms with Crippen LogP contribution in [0.4, 0.5) is 0 Å². The van der Waals surface area contributed by atoms with Gasteiger partial charge in [-0.15, -0.1) is 18.4 Å². The first-order valence-corrected chi connectivity index (χ1v) is 13.7. The maximum absolute atomic E-state index is 12.2. The molecule has 0 spiro atoms. The van der Waals surface area contributed by atoms with Crippen molar-refractivity contribution in [2.45, 2.75) is 78.9 Å². The van der Waals surface area contributed by atoms with Gasteiger partial charge in [0.25, 0.3) is 0 Å². The Morgan fingerprint density at radius 1 is 1.26 bits per heavy atom. The number of rotatable bonds is 7. The molecule has 0 saturated carbocycles. The monoisotopic (exact) mass is 767 g/mol. The Hall–Kier alpha value is -1.54. The molecule has 38 heavy (non-hydrogen) atoms. The summed E-state index contributed by atoms with van der Waals surface area (Å²) in [6.07, 6.45) is 1.52. The summed E-state index contributed by atoms with van der Waals surface area (Å²) in [5.41, 5.74) is 9.76. The Balaban J connectivity index is 0.000000338. The molecule has 1 fully saturated rings. The number of thiazole rings is 1. The van der Waals surface area contributed by atoms with Crippen LogP contribution in [-0.2, 0) is 16.2 Å². The number of carbonyl (C=O) groups is 1. The van der Waals surface area contributed by atoms with Crippen molar-refractivity contribution >= 4 is 17.2 Å². The van der Waals surface area contributed by atoms with Crippen LogP contribution >= 0.6 is 11.3 Å². The average Bonchev–Trinajstić information content (AvgIpc) is 3.64. The third kappa shape index (κ3) is 10.6. The van der Waals surface area contributed by atoms with Crippen molar-refractivity contribution < 1.29 is 50.4 Å². The number of aromatic nitrogens is 2. The van der Waals surface area contributed by atoms with Gasteiger partial charge in [0.05, 0.1) is 40.4 Å². The van der Waals surface area contributed by atoms with Gasteiger partial charge >= 0.3 is 0 Å². The number of carbonyl (C=O) groups excluding carboxylic acids is 1. The number of amides is 1. The number of aryl methyl sites for hydroxylation is 1. The fourth-order valence-corrected chi connectivity index (χ4v) is 4.40. The summed E-state index contributed by atoms with van der Waals surface area (Å²) >= 11 is 1.67. The minimum Gasteiger partial charge on any atom is -0.537 e. The molecular formula is C28H41N4O4SU-.